The second kappa shape index (κ2) is 10.4. The minimum atomic E-state index is -1.08. The predicted octanol–water partition coefficient (Wildman–Crippen LogP) is 2.75. The number of hydrogen-bond donors (Lipinski definition) is 3. The first-order valence-corrected chi connectivity index (χ1v) is 9.17. The molecule has 2 rings (SSSR count). The van der Waals surface area contributed by atoms with Crippen molar-refractivity contribution in [3.05, 3.63) is 59.9 Å². The van der Waals surface area contributed by atoms with Gasteiger partial charge in [0.1, 0.15) is 24.4 Å². The van der Waals surface area contributed by atoms with Gasteiger partial charge in [0, 0.05) is 12.4 Å². The van der Waals surface area contributed by atoms with Crippen LogP contribution in [0.25, 0.3) is 0 Å². The molecular formula is C21H26N2O5. The first-order valence-electron chi connectivity index (χ1n) is 9.17. The van der Waals surface area contributed by atoms with Crippen LogP contribution in [0.1, 0.15) is 31.4 Å². The molecule has 0 aliphatic carbocycles. The molecule has 2 aromatic rings. The minimum Gasteiger partial charge on any atom is -0.489 e. The SMILES string of the molecule is CC(C)C[C@H](N[C@@H](Cc1ccc(OCc2ccncc2)cc1)C(=O)O)C(=O)O. The van der Waals surface area contributed by atoms with Gasteiger partial charge in [0.05, 0.1) is 0 Å². The molecule has 7 nitrogen and oxygen atoms in total. The van der Waals surface area contributed by atoms with Gasteiger partial charge in [-0.25, -0.2) is 0 Å². The fourth-order valence-electron chi connectivity index (χ4n) is 2.78. The van der Waals surface area contributed by atoms with E-state index in [-0.39, 0.29) is 12.3 Å². The molecule has 0 fully saturated rings. The summed E-state index contributed by atoms with van der Waals surface area (Å²) in [6.07, 6.45) is 3.94. The van der Waals surface area contributed by atoms with E-state index in [1.807, 2.05) is 26.0 Å². The Morgan fingerprint density at radius 3 is 2.11 bits per heavy atom. The maximum absolute atomic E-state index is 11.6. The van der Waals surface area contributed by atoms with Gasteiger partial charge in [-0.05, 0) is 54.2 Å². The fraction of sp³-hybridized carbons (Fsp3) is 0.381. The first-order chi connectivity index (χ1) is 13.3. The molecule has 0 spiro atoms. The second-order valence-corrected chi connectivity index (χ2v) is 7.07. The number of benzene rings is 1. The molecule has 0 saturated carbocycles. The molecule has 0 saturated heterocycles. The Balaban J connectivity index is 1.97. The summed E-state index contributed by atoms with van der Waals surface area (Å²) in [6.45, 7) is 4.22. The number of nitrogens with one attached hydrogen (secondary N) is 1. The summed E-state index contributed by atoms with van der Waals surface area (Å²) in [7, 11) is 0. The number of rotatable bonds is 11. The summed E-state index contributed by atoms with van der Waals surface area (Å²) in [5.41, 5.74) is 1.78. The lowest BCUT2D eigenvalue weighted by Gasteiger charge is -2.22. The van der Waals surface area contributed by atoms with Crippen LogP contribution in [-0.2, 0) is 22.6 Å². The number of aromatic nitrogens is 1. The highest BCUT2D eigenvalue weighted by molar-refractivity contribution is 5.77. The number of aliphatic carboxylic acids is 2. The third kappa shape index (κ3) is 7.00. The number of carbonyl (C=O) groups is 2. The lowest BCUT2D eigenvalue weighted by atomic mass is 10.0. The molecular weight excluding hydrogens is 360 g/mol. The van der Waals surface area contributed by atoms with Crippen LogP contribution in [-0.4, -0.2) is 39.2 Å². The van der Waals surface area contributed by atoms with E-state index in [0.29, 0.717) is 18.8 Å². The van der Waals surface area contributed by atoms with E-state index >= 15 is 0 Å². The van der Waals surface area contributed by atoms with Crippen molar-refractivity contribution in [1.82, 2.24) is 10.3 Å². The third-order valence-electron chi connectivity index (χ3n) is 4.22. The van der Waals surface area contributed by atoms with E-state index in [2.05, 4.69) is 10.3 Å². The van der Waals surface area contributed by atoms with Crippen molar-refractivity contribution in [3.8, 4) is 5.75 Å². The Morgan fingerprint density at radius 2 is 1.57 bits per heavy atom. The lowest BCUT2D eigenvalue weighted by Crippen LogP contribution is -2.48. The smallest absolute Gasteiger partial charge is 0.321 e. The Hall–Kier alpha value is -2.93. The van der Waals surface area contributed by atoms with Crippen LogP contribution in [0.4, 0.5) is 0 Å². The Morgan fingerprint density at radius 1 is 0.964 bits per heavy atom. The van der Waals surface area contributed by atoms with E-state index in [1.54, 1.807) is 36.7 Å². The van der Waals surface area contributed by atoms with E-state index in [1.165, 1.54) is 0 Å². The van der Waals surface area contributed by atoms with Gasteiger partial charge >= 0.3 is 11.9 Å². The molecule has 0 radical (unpaired) electrons. The molecule has 150 valence electrons. The molecule has 3 N–H and O–H groups in total. The van der Waals surface area contributed by atoms with Crippen LogP contribution in [0.15, 0.2) is 48.8 Å². The number of carboxylic acids is 2. The number of ether oxygens (including phenoxy) is 1. The van der Waals surface area contributed by atoms with Crippen molar-refractivity contribution < 1.29 is 24.5 Å². The summed E-state index contributed by atoms with van der Waals surface area (Å²) < 4.78 is 5.70. The normalized spacial score (nSPS) is 13.1. The van der Waals surface area contributed by atoms with Crippen LogP contribution in [0.5, 0.6) is 5.75 Å². The topological polar surface area (TPSA) is 109 Å². The molecule has 1 aromatic heterocycles. The summed E-state index contributed by atoms with van der Waals surface area (Å²) in [4.78, 5) is 26.9. The average molecular weight is 386 g/mol. The van der Waals surface area contributed by atoms with Gasteiger partial charge in [-0.1, -0.05) is 26.0 Å². The van der Waals surface area contributed by atoms with Crippen LogP contribution in [0.2, 0.25) is 0 Å². The highest BCUT2D eigenvalue weighted by atomic mass is 16.5. The molecule has 0 aliphatic rings. The van der Waals surface area contributed by atoms with E-state index in [9.17, 15) is 19.8 Å². The van der Waals surface area contributed by atoms with Gasteiger partial charge in [0.15, 0.2) is 0 Å². The van der Waals surface area contributed by atoms with Gasteiger partial charge in [0.25, 0.3) is 0 Å². The van der Waals surface area contributed by atoms with Crippen LogP contribution < -0.4 is 10.1 Å². The van der Waals surface area contributed by atoms with Crippen molar-refractivity contribution in [2.24, 2.45) is 5.92 Å². The van der Waals surface area contributed by atoms with Crippen molar-refractivity contribution >= 4 is 11.9 Å². The van der Waals surface area contributed by atoms with Crippen LogP contribution in [0.3, 0.4) is 0 Å². The van der Waals surface area contributed by atoms with E-state index in [4.69, 9.17) is 4.74 Å². The molecule has 1 heterocycles. The maximum atomic E-state index is 11.6. The molecule has 7 heteroatoms. The standard InChI is InChI=1S/C21H26N2O5/c1-14(2)11-18(20(24)25)23-19(21(26)27)12-15-3-5-17(6-4-15)28-13-16-7-9-22-10-8-16/h3-10,14,18-19,23H,11-13H2,1-2H3,(H,24,25)(H,26,27)/t18-,19-/m0/s1. The van der Waals surface area contributed by atoms with Gasteiger partial charge in [-0.3, -0.25) is 19.9 Å². The molecule has 0 bridgehead atoms. The van der Waals surface area contributed by atoms with Crippen molar-refractivity contribution in [2.75, 3.05) is 0 Å². The predicted molar refractivity (Wildman–Crippen MR) is 104 cm³/mol. The Labute approximate surface area is 164 Å². The highest BCUT2D eigenvalue weighted by Gasteiger charge is 2.26. The zero-order valence-electron chi connectivity index (χ0n) is 16.0. The highest BCUT2D eigenvalue weighted by Crippen LogP contribution is 2.16. The molecule has 1 aromatic carbocycles. The summed E-state index contributed by atoms with van der Waals surface area (Å²) in [6, 6.07) is 8.99. The van der Waals surface area contributed by atoms with Gasteiger partial charge < -0.3 is 14.9 Å². The Kier molecular flexibility index (Phi) is 7.95. The van der Waals surface area contributed by atoms with Gasteiger partial charge in [-0.15, -0.1) is 0 Å². The number of pyridine rings is 1. The molecule has 0 unspecified atom stereocenters. The minimum absolute atomic E-state index is 0.139. The molecule has 0 aliphatic heterocycles. The molecule has 2 atom stereocenters. The summed E-state index contributed by atoms with van der Waals surface area (Å²) in [5, 5.41) is 21.6. The summed E-state index contributed by atoms with van der Waals surface area (Å²) >= 11 is 0. The number of hydrogen-bond acceptors (Lipinski definition) is 5. The average Bonchev–Trinajstić information content (AvgIpc) is 2.66. The van der Waals surface area contributed by atoms with Gasteiger partial charge in [-0.2, -0.15) is 0 Å². The van der Waals surface area contributed by atoms with Crippen molar-refractivity contribution in [1.29, 1.82) is 0 Å². The first kappa shape index (κ1) is 21.4. The lowest BCUT2D eigenvalue weighted by molar-refractivity contribution is -0.142. The van der Waals surface area contributed by atoms with E-state index in [0.717, 1.165) is 11.1 Å². The fourth-order valence-corrected chi connectivity index (χ4v) is 2.78. The third-order valence-corrected chi connectivity index (χ3v) is 4.22. The quantitative estimate of drug-likeness (QED) is 0.545. The molecule has 28 heavy (non-hydrogen) atoms. The number of nitrogens with zero attached hydrogens (tertiary/aromatic N) is 1. The maximum Gasteiger partial charge on any atom is 0.321 e. The molecule has 0 amide bonds. The van der Waals surface area contributed by atoms with Gasteiger partial charge in [0.2, 0.25) is 0 Å². The zero-order chi connectivity index (χ0) is 20.5. The summed E-state index contributed by atoms with van der Waals surface area (Å²) in [5.74, 6) is -1.31. The Bertz CT molecular complexity index is 762. The second-order valence-electron chi connectivity index (χ2n) is 7.07. The van der Waals surface area contributed by atoms with Crippen molar-refractivity contribution in [2.45, 2.75) is 45.4 Å². The zero-order valence-corrected chi connectivity index (χ0v) is 16.0. The number of carboxylic acid groups (broad SMARTS) is 2. The van der Waals surface area contributed by atoms with Crippen molar-refractivity contribution in [3.63, 3.8) is 0 Å². The monoisotopic (exact) mass is 386 g/mol. The largest absolute Gasteiger partial charge is 0.489 e. The van der Waals surface area contributed by atoms with Crippen LogP contribution >= 0.6 is 0 Å². The van der Waals surface area contributed by atoms with Crippen LogP contribution in [0, 0.1) is 5.92 Å². The van der Waals surface area contributed by atoms with E-state index < -0.39 is 24.0 Å².